The highest BCUT2D eigenvalue weighted by molar-refractivity contribution is 9.09. The molecule has 0 spiro atoms. The number of benzene rings is 4. The molecule has 0 N–H and O–H groups in total. The van der Waals surface area contributed by atoms with Gasteiger partial charge in [-0.2, -0.15) is 0 Å². The van der Waals surface area contributed by atoms with Crippen LogP contribution in [0.3, 0.4) is 0 Å². The van der Waals surface area contributed by atoms with Crippen molar-refractivity contribution in [2.75, 3.05) is 0 Å². The molecule has 36 heavy (non-hydrogen) atoms. The summed E-state index contributed by atoms with van der Waals surface area (Å²) in [5, 5.41) is 2.29. The molecule has 0 aliphatic carbocycles. The minimum atomic E-state index is 0.763. The molecule has 0 saturated carbocycles. The third-order valence-electron chi connectivity index (χ3n) is 6.08. The normalized spacial score (nSPS) is 11.8. The van der Waals surface area contributed by atoms with Crippen molar-refractivity contribution in [2.45, 2.75) is 16.0 Å². The molecular weight excluding hydrogens is 636 g/mol. The standard InChI is InChI=1S/C33H27Br3/c34-22-31-28(19-16-25-10-4-1-5-11-25)32(23-35)30(21-18-27-14-8-3-9-15-27)33(24-36)29(31)20-17-26-12-6-2-7-13-26/h1-21H,22-24H2/b19-16+,20-17+,21-18+. The molecule has 0 radical (unpaired) electrons. The lowest BCUT2D eigenvalue weighted by molar-refractivity contribution is 1.24. The Morgan fingerprint density at radius 3 is 0.833 bits per heavy atom. The minimum Gasteiger partial charge on any atom is -0.0876 e. The van der Waals surface area contributed by atoms with Gasteiger partial charge in [0, 0.05) is 16.0 Å². The van der Waals surface area contributed by atoms with Crippen LogP contribution >= 0.6 is 47.8 Å². The maximum Gasteiger partial charge on any atom is 0.0295 e. The smallest absolute Gasteiger partial charge is 0.0295 e. The number of rotatable bonds is 9. The Kier molecular flexibility index (Phi) is 10.2. The van der Waals surface area contributed by atoms with Crippen LogP contribution in [0, 0.1) is 0 Å². The molecule has 0 aromatic heterocycles. The number of hydrogen-bond acceptors (Lipinski definition) is 0. The molecule has 0 aliphatic heterocycles. The van der Waals surface area contributed by atoms with E-state index >= 15 is 0 Å². The van der Waals surface area contributed by atoms with Crippen molar-refractivity contribution >= 4 is 84.2 Å². The predicted octanol–water partition coefficient (Wildman–Crippen LogP) is 10.9. The maximum atomic E-state index is 3.82. The Morgan fingerprint density at radius 2 is 0.611 bits per heavy atom. The van der Waals surface area contributed by atoms with E-state index in [0.717, 1.165) is 16.0 Å². The fraction of sp³-hybridized carbons (Fsp3) is 0.0909. The van der Waals surface area contributed by atoms with E-state index in [-0.39, 0.29) is 0 Å². The molecule has 180 valence electrons. The van der Waals surface area contributed by atoms with Gasteiger partial charge in [0.2, 0.25) is 0 Å². The second-order valence-electron chi connectivity index (χ2n) is 8.31. The maximum absolute atomic E-state index is 3.82. The molecule has 0 unspecified atom stereocenters. The average molecular weight is 663 g/mol. The van der Waals surface area contributed by atoms with Gasteiger partial charge in [0.1, 0.15) is 0 Å². The van der Waals surface area contributed by atoms with E-state index in [9.17, 15) is 0 Å². The zero-order valence-corrected chi connectivity index (χ0v) is 24.6. The van der Waals surface area contributed by atoms with Crippen LogP contribution in [-0.2, 0) is 16.0 Å². The van der Waals surface area contributed by atoms with Crippen molar-refractivity contribution < 1.29 is 0 Å². The molecule has 0 bridgehead atoms. The van der Waals surface area contributed by atoms with Crippen LogP contribution in [-0.4, -0.2) is 0 Å². The van der Waals surface area contributed by atoms with Crippen molar-refractivity contribution in [2.24, 2.45) is 0 Å². The highest BCUT2D eigenvalue weighted by Gasteiger charge is 2.19. The Hall–Kier alpha value is -2.46. The average Bonchev–Trinajstić information content (AvgIpc) is 2.94. The van der Waals surface area contributed by atoms with Gasteiger partial charge in [-0.1, -0.05) is 175 Å². The molecule has 0 fully saturated rings. The Labute approximate surface area is 239 Å². The third kappa shape index (κ3) is 6.64. The highest BCUT2D eigenvalue weighted by Crippen LogP contribution is 2.36. The largest absolute Gasteiger partial charge is 0.0876 e. The first kappa shape index (κ1) is 26.6. The lowest BCUT2D eigenvalue weighted by atomic mass is 9.87. The number of alkyl halides is 3. The van der Waals surface area contributed by atoms with Crippen LogP contribution < -0.4 is 0 Å². The molecule has 0 amide bonds. The first-order chi connectivity index (χ1) is 17.7. The molecule has 0 heterocycles. The lowest BCUT2D eigenvalue weighted by Crippen LogP contribution is -2.05. The Balaban J connectivity index is 1.94. The summed E-state index contributed by atoms with van der Waals surface area (Å²) >= 11 is 11.5. The monoisotopic (exact) mass is 660 g/mol. The Bertz CT molecular complexity index is 1160. The van der Waals surface area contributed by atoms with E-state index in [1.165, 1.54) is 50.1 Å². The van der Waals surface area contributed by atoms with Gasteiger partial charge in [-0.3, -0.25) is 0 Å². The second kappa shape index (κ2) is 13.7. The molecule has 0 aliphatic rings. The van der Waals surface area contributed by atoms with Gasteiger partial charge in [-0.15, -0.1) is 0 Å². The van der Waals surface area contributed by atoms with Gasteiger partial charge in [0.15, 0.2) is 0 Å². The summed E-state index contributed by atoms with van der Waals surface area (Å²) in [7, 11) is 0. The van der Waals surface area contributed by atoms with Crippen molar-refractivity contribution in [3.8, 4) is 0 Å². The van der Waals surface area contributed by atoms with Gasteiger partial charge < -0.3 is 0 Å². The number of hydrogen-bond donors (Lipinski definition) is 0. The van der Waals surface area contributed by atoms with Crippen LogP contribution in [0.2, 0.25) is 0 Å². The summed E-state index contributed by atoms with van der Waals surface area (Å²) in [6.07, 6.45) is 13.4. The van der Waals surface area contributed by atoms with Gasteiger partial charge >= 0.3 is 0 Å². The topological polar surface area (TPSA) is 0 Å². The lowest BCUT2D eigenvalue weighted by Gasteiger charge is -2.21. The minimum absolute atomic E-state index is 0.763. The number of halogens is 3. The van der Waals surface area contributed by atoms with Crippen molar-refractivity contribution in [1.29, 1.82) is 0 Å². The Morgan fingerprint density at radius 1 is 0.361 bits per heavy atom. The van der Waals surface area contributed by atoms with Crippen molar-refractivity contribution in [3.63, 3.8) is 0 Å². The van der Waals surface area contributed by atoms with Gasteiger partial charge in [0.05, 0.1) is 0 Å². The zero-order valence-electron chi connectivity index (χ0n) is 19.9. The molecule has 4 rings (SSSR count). The molecule has 4 aromatic rings. The summed E-state index contributed by atoms with van der Waals surface area (Å²) in [6.45, 7) is 0. The summed E-state index contributed by atoms with van der Waals surface area (Å²) in [4.78, 5) is 0. The predicted molar refractivity (Wildman–Crippen MR) is 170 cm³/mol. The molecule has 3 heteroatoms. The summed E-state index contributed by atoms with van der Waals surface area (Å²) in [5.74, 6) is 0. The van der Waals surface area contributed by atoms with E-state index in [2.05, 4.69) is 175 Å². The summed E-state index contributed by atoms with van der Waals surface area (Å²) < 4.78 is 0. The van der Waals surface area contributed by atoms with Crippen LogP contribution in [0.25, 0.3) is 36.5 Å². The van der Waals surface area contributed by atoms with E-state index < -0.39 is 0 Å². The highest BCUT2D eigenvalue weighted by atomic mass is 79.9. The summed E-state index contributed by atoms with van der Waals surface area (Å²) in [5.41, 5.74) is 11.2. The van der Waals surface area contributed by atoms with E-state index in [1.807, 2.05) is 0 Å². The van der Waals surface area contributed by atoms with Gasteiger partial charge in [-0.25, -0.2) is 0 Å². The van der Waals surface area contributed by atoms with Crippen LogP contribution in [0.1, 0.15) is 50.1 Å². The van der Waals surface area contributed by atoms with Crippen LogP contribution in [0.15, 0.2) is 91.0 Å². The van der Waals surface area contributed by atoms with Gasteiger partial charge in [0.25, 0.3) is 0 Å². The van der Waals surface area contributed by atoms with Crippen molar-refractivity contribution in [3.05, 3.63) is 141 Å². The molecule has 0 nitrogen and oxygen atoms in total. The zero-order chi connectivity index (χ0) is 25.2. The molecule has 0 saturated heterocycles. The van der Waals surface area contributed by atoms with E-state index in [0.29, 0.717) is 0 Å². The van der Waals surface area contributed by atoms with Crippen LogP contribution in [0.5, 0.6) is 0 Å². The third-order valence-corrected chi connectivity index (χ3v) is 7.76. The van der Waals surface area contributed by atoms with E-state index in [1.54, 1.807) is 0 Å². The molecule has 0 atom stereocenters. The van der Waals surface area contributed by atoms with Gasteiger partial charge in [-0.05, 0) is 50.1 Å². The SMILES string of the molecule is BrCc1c(/C=C/c2ccccc2)c(CBr)c(/C=C/c2ccccc2)c(CBr)c1/C=C/c1ccccc1. The first-order valence-electron chi connectivity index (χ1n) is 11.8. The van der Waals surface area contributed by atoms with Crippen molar-refractivity contribution in [1.82, 2.24) is 0 Å². The first-order valence-corrected chi connectivity index (χ1v) is 15.2. The molecule has 4 aromatic carbocycles. The molecular formula is C33H27Br3. The summed E-state index contributed by atoms with van der Waals surface area (Å²) in [6, 6.07) is 31.4. The quantitative estimate of drug-likeness (QED) is 0.124. The van der Waals surface area contributed by atoms with E-state index in [4.69, 9.17) is 0 Å². The fourth-order valence-electron chi connectivity index (χ4n) is 4.25. The van der Waals surface area contributed by atoms with Crippen LogP contribution in [0.4, 0.5) is 0 Å². The fourth-order valence-corrected chi connectivity index (χ4v) is 6.06. The second-order valence-corrected chi connectivity index (χ2v) is 9.99.